The predicted molar refractivity (Wildman–Crippen MR) is 111 cm³/mol. The van der Waals surface area contributed by atoms with Crippen molar-refractivity contribution in [3.8, 4) is 0 Å². The summed E-state index contributed by atoms with van der Waals surface area (Å²) in [6, 6.07) is 17.1. The molecule has 140 valence electrons. The van der Waals surface area contributed by atoms with Crippen LogP contribution in [0.4, 0.5) is 0 Å². The fourth-order valence-electron chi connectivity index (χ4n) is 4.53. The lowest BCUT2D eigenvalue weighted by atomic mass is 9.90. The molecule has 3 heteroatoms. The Morgan fingerprint density at radius 1 is 1.07 bits per heavy atom. The fraction of sp³-hybridized carbons (Fsp3) is 0.375. The van der Waals surface area contributed by atoms with E-state index >= 15 is 0 Å². The highest BCUT2D eigenvalue weighted by Gasteiger charge is 2.26. The first kappa shape index (κ1) is 18.0. The standard InChI is InChI=1S/C24H28N2O/c1-17-8-9-21-22(14-17)25-18(2)24(21)23(27)16-26-12-10-20(11-13-26)15-19-6-4-3-5-7-19/h3-9,14,20,25H,10-13,15-16H2,1-2H3/p+1. The van der Waals surface area contributed by atoms with Gasteiger partial charge in [-0.3, -0.25) is 4.79 Å². The summed E-state index contributed by atoms with van der Waals surface area (Å²) >= 11 is 0. The zero-order valence-electron chi connectivity index (χ0n) is 16.3. The van der Waals surface area contributed by atoms with E-state index in [-0.39, 0.29) is 5.78 Å². The molecule has 0 spiro atoms. The van der Waals surface area contributed by atoms with Crippen LogP contribution < -0.4 is 4.90 Å². The average Bonchev–Trinajstić information content (AvgIpc) is 2.99. The lowest BCUT2D eigenvalue weighted by Crippen LogP contribution is -3.14. The van der Waals surface area contributed by atoms with Gasteiger partial charge < -0.3 is 9.88 Å². The molecule has 1 aliphatic rings. The van der Waals surface area contributed by atoms with E-state index < -0.39 is 0 Å². The summed E-state index contributed by atoms with van der Waals surface area (Å²) in [5, 5.41) is 1.07. The molecular formula is C24H29N2O+. The number of hydrogen-bond donors (Lipinski definition) is 2. The van der Waals surface area contributed by atoms with Gasteiger partial charge in [0.05, 0.1) is 18.7 Å². The molecule has 2 heterocycles. The molecule has 0 bridgehead atoms. The molecule has 27 heavy (non-hydrogen) atoms. The Hall–Kier alpha value is -2.39. The Balaban J connectivity index is 1.38. The molecule has 0 saturated carbocycles. The van der Waals surface area contributed by atoms with E-state index in [9.17, 15) is 4.79 Å². The van der Waals surface area contributed by atoms with E-state index in [1.165, 1.54) is 35.3 Å². The Morgan fingerprint density at radius 2 is 1.81 bits per heavy atom. The maximum Gasteiger partial charge on any atom is 0.219 e. The Bertz CT molecular complexity index is 934. The molecule has 2 N–H and O–H groups in total. The summed E-state index contributed by atoms with van der Waals surface area (Å²) < 4.78 is 0. The van der Waals surface area contributed by atoms with Crippen molar-refractivity contribution in [2.24, 2.45) is 5.92 Å². The van der Waals surface area contributed by atoms with Gasteiger partial charge in [-0.15, -0.1) is 0 Å². The third-order valence-electron chi connectivity index (χ3n) is 6.01. The van der Waals surface area contributed by atoms with E-state index in [2.05, 4.69) is 60.4 Å². The molecule has 0 amide bonds. The van der Waals surface area contributed by atoms with Crippen LogP contribution in [0.25, 0.3) is 10.9 Å². The van der Waals surface area contributed by atoms with E-state index in [1.807, 2.05) is 6.92 Å². The minimum Gasteiger partial charge on any atom is -0.358 e. The van der Waals surface area contributed by atoms with Gasteiger partial charge in [0.15, 0.2) is 0 Å². The van der Waals surface area contributed by atoms with Crippen LogP contribution in [0, 0.1) is 19.8 Å². The Labute approximate surface area is 161 Å². The van der Waals surface area contributed by atoms with E-state index in [1.54, 1.807) is 0 Å². The summed E-state index contributed by atoms with van der Waals surface area (Å²) in [5.41, 5.74) is 5.62. The number of nitrogens with one attached hydrogen (secondary N) is 2. The number of likely N-dealkylation sites (tertiary alicyclic amines) is 1. The number of aromatic nitrogens is 1. The molecular weight excluding hydrogens is 332 g/mol. The van der Waals surface area contributed by atoms with Gasteiger partial charge in [0.25, 0.3) is 0 Å². The zero-order chi connectivity index (χ0) is 18.8. The summed E-state index contributed by atoms with van der Waals surface area (Å²) in [6.45, 7) is 6.91. The number of aromatic amines is 1. The molecule has 1 fully saturated rings. The Morgan fingerprint density at radius 3 is 2.56 bits per heavy atom. The molecule has 0 radical (unpaired) electrons. The highest BCUT2D eigenvalue weighted by atomic mass is 16.1. The number of H-pyrrole nitrogens is 1. The first-order valence-corrected chi connectivity index (χ1v) is 10.1. The van der Waals surface area contributed by atoms with Crippen LogP contribution in [0.15, 0.2) is 48.5 Å². The Kier molecular flexibility index (Phi) is 5.13. The summed E-state index contributed by atoms with van der Waals surface area (Å²) in [7, 11) is 0. The molecule has 0 atom stereocenters. The van der Waals surface area contributed by atoms with Crippen LogP contribution in [0.2, 0.25) is 0 Å². The first-order valence-electron chi connectivity index (χ1n) is 10.1. The van der Waals surface area contributed by atoms with Crippen LogP contribution >= 0.6 is 0 Å². The van der Waals surface area contributed by atoms with Crippen LogP contribution in [0.1, 0.15) is 40.0 Å². The number of carbonyl (C=O) groups excluding carboxylic acids is 1. The molecule has 3 aromatic rings. The molecule has 1 aliphatic heterocycles. The average molecular weight is 362 g/mol. The second-order valence-corrected chi connectivity index (χ2v) is 8.16. The number of hydrogen-bond acceptors (Lipinski definition) is 1. The highest BCUT2D eigenvalue weighted by molar-refractivity contribution is 6.09. The van der Waals surface area contributed by atoms with Gasteiger partial charge in [-0.2, -0.15) is 0 Å². The van der Waals surface area contributed by atoms with Gasteiger partial charge in [0, 0.05) is 16.6 Å². The van der Waals surface area contributed by atoms with Crippen LogP contribution in [0.3, 0.4) is 0 Å². The topological polar surface area (TPSA) is 37.3 Å². The third-order valence-corrected chi connectivity index (χ3v) is 6.01. The van der Waals surface area contributed by atoms with Crippen molar-refractivity contribution in [2.45, 2.75) is 33.1 Å². The predicted octanol–water partition coefficient (Wildman–Crippen LogP) is 3.51. The molecule has 1 aromatic heterocycles. The smallest absolute Gasteiger partial charge is 0.219 e. The van der Waals surface area contributed by atoms with Crippen molar-refractivity contribution < 1.29 is 9.69 Å². The van der Waals surface area contributed by atoms with E-state index in [4.69, 9.17) is 0 Å². The van der Waals surface area contributed by atoms with Crippen molar-refractivity contribution in [3.05, 3.63) is 70.9 Å². The molecule has 2 aromatic carbocycles. The number of carbonyl (C=O) groups is 1. The summed E-state index contributed by atoms with van der Waals surface area (Å²) in [4.78, 5) is 17.9. The van der Waals surface area contributed by atoms with Gasteiger partial charge in [0.1, 0.15) is 6.54 Å². The normalized spacial score (nSPS) is 20.1. The van der Waals surface area contributed by atoms with Crippen LogP contribution in [-0.2, 0) is 6.42 Å². The van der Waals surface area contributed by atoms with Crippen molar-refractivity contribution >= 4 is 16.7 Å². The minimum absolute atomic E-state index is 0.277. The lowest BCUT2D eigenvalue weighted by molar-refractivity contribution is -0.897. The largest absolute Gasteiger partial charge is 0.358 e. The SMILES string of the molecule is Cc1ccc2c(C(=O)C[NH+]3CCC(Cc4ccccc4)CC3)c(C)[nH]c2c1. The number of aryl methyl sites for hydroxylation is 2. The number of piperidine rings is 1. The molecule has 3 nitrogen and oxygen atoms in total. The van der Waals surface area contributed by atoms with Gasteiger partial charge in [-0.05, 0) is 56.2 Å². The molecule has 1 saturated heterocycles. The number of benzene rings is 2. The van der Waals surface area contributed by atoms with Crippen LogP contribution in [-0.4, -0.2) is 30.4 Å². The molecule has 4 rings (SSSR count). The highest BCUT2D eigenvalue weighted by Crippen LogP contribution is 2.23. The van der Waals surface area contributed by atoms with Gasteiger partial charge >= 0.3 is 0 Å². The van der Waals surface area contributed by atoms with E-state index in [0.717, 1.165) is 41.2 Å². The second kappa shape index (κ2) is 7.69. The number of quaternary nitrogens is 1. The van der Waals surface area contributed by atoms with Crippen LogP contribution in [0.5, 0.6) is 0 Å². The van der Waals surface area contributed by atoms with Gasteiger partial charge in [0.2, 0.25) is 5.78 Å². The number of Topliss-reactive ketones (excluding diaryl/α,β-unsaturated/α-hetero) is 1. The maximum atomic E-state index is 13.0. The fourth-order valence-corrected chi connectivity index (χ4v) is 4.53. The number of rotatable bonds is 5. The van der Waals surface area contributed by atoms with Crippen molar-refractivity contribution in [2.75, 3.05) is 19.6 Å². The molecule has 0 unspecified atom stereocenters. The quantitative estimate of drug-likeness (QED) is 0.671. The van der Waals surface area contributed by atoms with Crippen molar-refractivity contribution in [3.63, 3.8) is 0 Å². The monoisotopic (exact) mass is 361 g/mol. The van der Waals surface area contributed by atoms with E-state index in [0.29, 0.717) is 6.54 Å². The molecule has 0 aliphatic carbocycles. The van der Waals surface area contributed by atoms with Gasteiger partial charge in [-0.1, -0.05) is 42.5 Å². The van der Waals surface area contributed by atoms with Gasteiger partial charge in [-0.25, -0.2) is 0 Å². The van der Waals surface area contributed by atoms with Crippen molar-refractivity contribution in [1.29, 1.82) is 0 Å². The number of ketones is 1. The van der Waals surface area contributed by atoms with Crippen molar-refractivity contribution in [1.82, 2.24) is 4.98 Å². The third kappa shape index (κ3) is 3.98. The second-order valence-electron chi connectivity index (χ2n) is 8.16. The summed E-state index contributed by atoms with van der Waals surface area (Å²) in [6.07, 6.45) is 3.59. The minimum atomic E-state index is 0.277. The lowest BCUT2D eigenvalue weighted by Gasteiger charge is -2.29. The summed E-state index contributed by atoms with van der Waals surface area (Å²) in [5.74, 6) is 1.03. The zero-order valence-corrected chi connectivity index (χ0v) is 16.3. The number of fused-ring (bicyclic) bond motifs is 1. The first-order chi connectivity index (χ1) is 13.1. The maximum absolute atomic E-state index is 13.0.